The Kier molecular flexibility index (Phi) is 34.9. The Hall–Kier alpha value is -1.96. The molecule has 4 atom stereocenters. The number of hydrogen-bond acceptors (Lipinski definition) is 11. The van der Waals surface area contributed by atoms with Gasteiger partial charge in [0, 0.05) is 12.8 Å². The molecule has 0 heterocycles. The van der Waals surface area contributed by atoms with E-state index in [1.165, 1.54) is 25.7 Å². The van der Waals surface area contributed by atoms with Crippen LogP contribution in [0.3, 0.4) is 0 Å². The molecule has 0 aromatic carbocycles. The van der Waals surface area contributed by atoms with Gasteiger partial charge in [-0.15, -0.1) is 0 Å². The average Bonchev–Trinajstić information content (AvgIpc) is 3.15. The van der Waals surface area contributed by atoms with E-state index < -0.39 is 72.3 Å². The van der Waals surface area contributed by atoms with E-state index >= 15 is 0 Å². The second kappa shape index (κ2) is 36.1. The highest BCUT2D eigenvalue weighted by Crippen LogP contribution is 2.43. The van der Waals surface area contributed by atoms with Crippen molar-refractivity contribution in [2.45, 2.75) is 167 Å². The zero-order chi connectivity index (χ0) is 41.8. The van der Waals surface area contributed by atoms with Crippen LogP contribution in [0.15, 0.2) is 48.6 Å². The maximum absolute atomic E-state index is 12.6. The minimum Gasteiger partial charge on any atom is -0.462 e. The summed E-state index contributed by atoms with van der Waals surface area (Å²) in [6.45, 7) is 1.48. The summed E-state index contributed by atoms with van der Waals surface area (Å²) in [4.78, 5) is 52.6. The molecule has 5 N–H and O–H groups in total. The zero-order valence-corrected chi connectivity index (χ0v) is 35.6. The third kappa shape index (κ3) is 38.9. The van der Waals surface area contributed by atoms with Crippen LogP contribution in [0.25, 0.3) is 0 Å². The fourth-order valence-corrected chi connectivity index (χ4v) is 6.33. The third-order valence-electron chi connectivity index (χ3n) is 8.30. The summed E-state index contributed by atoms with van der Waals surface area (Å²) in [7, 11) is -9.70. The van der Waals surface area contributed by atoms with Crippen LogP contribution in [-0.2, 0) is 41.8 Å². The lowest BCUT2D eigenvalue weighted by atomic mass is 10.1. The maximum atomic E-state index is 12.6. The number of aliphatic hydroxyl groups is 2. The first-order valence-corrected chi connectivity index (χ1v) is 23.5. The van der Waals surface area contributed by atoms with Gasteiger partial charge in [0.15, 0.2) is 6.10 Å². The summed E-state index contributed by atoms with van der Waals surface area (Å²) >= 11 is 0. The lowest BCUT2D eigenvalue weighted by molar-refractivity contribution is -0.161. The molecule has 0 saturated carbocycles. The van der Waals surface area contributed by atoms with Gasteiger partial charge in [0.25, 0.3) is 0 Å². The number of allylic oxidation sites excluding steroid dienone is 7. The molecule has 0 aliphatic carbocycles. The van der Waals surface area contributed by atoms with Crippen LogP contribution in [-0.4, -0.2) is 81.6 Å². The number of esters is 2. The molecule has 0 rings (SSSR count). The van der Waals surface area contributed by atoms with E-state index in [-0.39, 0.29) is 12.8 Å². The molecule has 0 spiro atoms. The monoisotopic (exact) mass is 838 g/mol. The van der Waals surface area contributed by atoms with Gasteiger partial charge in [-0.25, -0.2) is 9.13 Å². The van der Waals surface area contributed by atoms with Crippen LogP contribution in [0.5, 0.6) is 0 Å². The van der Waals surface area contributed by atoms with E-state index in [9.17, 15) is 33.8 Å². The Morgan fingerprint density at radius 1 is 0.607 bits per heavy atom. The fraction of sp³-hybridized carbons (Fsp3) is 0.750. The van der Waals surface area contributed by atoms with Crippen molar-refractivity contribution in [1.29, 1.82) is 0 Å². The van der Waals surface area contributed by atoms with E-state index in [0.29, 0.717) is 19.3 Å². The highest BCUT2D eigenvalue weighted by atomic mass is 31.2. The maximum Gasteiger partial charge on any atom is 0.472 e. The van der Waals surface area contributed by atoms with Gasteiger partial charge in [0.1, 0.15) is 12.7 Å². The van der Waals surface area contributed by atoms with Gasteiger partial charge in [0.05, 0.1) is 25.9 Å². The largest absolute Gasteiger partial charge is 0.472 e. The molecule has 0 bridgehead atoms. The van der Waals surface area contributed by atoms with E-state index in [2.05, 4.69) is 47.2 Å². The number of hydrogen-bond donors (Lipinski definition) is 5. The molecule has 56 heavy (non-hydrogen) atoms. The molecular formula is C40H72O14P2. The number of carbonyl (C=O) groups excluding carboxylic acids is 2. The van der Waals surface area contributed by atoms with Crippen molar-refractivity contribution in [3.8, 4) is 0 Å². The molecule has 0 aliphatic heterocycles. The number of aliphatic hydroxyl groups excluding tert-OH is 2. The summed E-state index contributed by atoms with van der Waals surface area (Å²) in [6.07, 6.45) is 31.3. The SMILES string of the molecule is CC/C=C/C/C=C/C=C/C(O)CCCCCCCC(=O)O[C@H](COC(=O)CCCCCCC/C=C\CCCCCC)COP(=O)(O)OC[C@@H](O)COP(=O)(O)O. The molecule has 16 heteroatoms. The van der Waals surface area contributed by atoms with E-state index in [1.807, 2.05) is 18.2 Å². The summed E-state index contributed by atoms with van der Waals surface area (Å²) in [5, 5.41) is 19.9. The smallest absolute Gasteiger partial charge is 0.462 e. The topological polar surface area (TPSA) is 216 Å². The Bertz CT molecular complexity index is 1200. The molecule has 14 nitrogen and oxygen atoms in total. The number of phosphoric acid groups is 2. The molecule has 0 aromatic rings. The van der Waals surface area contributed by atoms with Crippen LogP contribution in [0.2, 0.25) is 0 Å². The lowest BCUT2D eigenvalue weighted by Crippen LogP contribution is -2.30. The zero-order valence-electron chi connectivity index (χ0n) is 33.8. The van der Waals surface area contributed by atoms with Gasteiger partial charge in [-0.1, -0.05) is 127 Å². The van der Waals surface area contributed by atoms with Crippen LogP contribution in [0, 0.1) is 0 Å². The highest BCUT2D eigenvalue weighted by molar-refractivity contribution is 7.47. The molecule has 0 amide bonds. The minimum absolute atomic E-state index is 0.0589. The van der Waals surface area contributed by atoms with Crippen molar-refractivity contribution in [3.63, 3.8) is 0 Å². The number of ether oxygens (including phenoxy) is 2. The van der Waals surface area contributed by atoms with Crippen LogP contribution >= 0.6 is 15.6 Å². The summed E-state index contributed by atoms with van der Waals surface area (Å²) in [5.74, 6) is -1.12. The first-order valence-electron chi connectivity index (χ1n) is 20.4. The molecule has 2 unspecified atom stereocenters. The van der Waals surface area contributed by atoms with Crippen LogP contribution in [0.4, 0.5) is 0 Å². The highest BCUT2D eigenvalue weighted by Gasteiger charge is 2.28. The van der Waals surface area contributed by atoms with Crippen LogP contribution in [0.1, 0.15) is 149 Å². The first-order chi connectivity index (χ1) is 26.8. The standard InChI is InChI=1S/C40H72O14P2/c1-3-5-7-9-11-12-13-14-15-16-18-22-26-30-39(43)50-34-38(35-53-56(48,49)52-33-37(42)32-51-55(45,46)47)54-40(44)31-27-23-19-21-25-29-36(41)28-24-20-17-10-8-6-4-2/h6,8,12-13,17,20,24,28,36-38,41-42H,3-5,7,9-11,14-16,18-19,21-23,25-27,29-35H2,1-2H3,(H,48,49)(H2,45,46,47)/b8-6+,13-12-,20-17+,28-24+/t36?,37-,38+/m0/s1. The predicted octanol–water partition coefficient (Wildman–Crippen LogP) is 8.86. The van der Waals surface area contributed by atoms with Crippen molar-refractivity contribution in [3.05, 3.63) is 48.6 Å². The van der Waals surface area contributed by atoms with Crippen LogP contribution < -0.4 is 0 Å². The molecular weight excluding hydrogens is 766 g/mol. The second-order valence-corrected chi connectivity index (χ2v) is 16.4. The number of unbranched alkanes of at least 4 members (excludes halogenated alkanes) is 13. The van der Waals surface area contributed by atoms with Gasteiger partial charge in [-0.2, -0.15) is 0 Å². The normalized spacial score (nSPS) is 15.2. The molecule has 0 saturated heterocycles. The summed E-state index contributed by atoms with van der Waals surface area (Å²) in [5.41, 5.74) is 0. The number of rotatable bonds is 38. The Labute approximate surface area is 335 Å². The molecule has 326 valence electrons. The quantitative estimate of drug-likeness (QED) is 0.0129. The Balaban J connectivity index is 4.66. The number of carbonyl (C=O) groups is 2. The van der Waals surface area contributed by atoms with Gasteiger partial charge in [0.2, 0.25) is 0 Å². The van der Waals surface area contributed by atoms with Gasteiger partial charge < -0.3 is 34.4 Å². The van der Waals surface area contributed by atoms with Crippen molar-refractivity contribution in [2.75, 3.05) is 26.4 Å². The van der Waals surface area contributed by atoms with Gasteiger partial charge >= 0.3 is 27.6 Å². The predicted molar refractivity (Wildman–Crippen MR) is 217 cm³/mol. The van der Waals surface area contributed by atoms with Crippen molar-refractivity contribution in [1.82, 2.24) is 0 Å². The molecule has 0 aromatic heterocycles. The average molecular weight is 839 g/mol. The Morgan fingerprint density at radius 3 is 1.82 bits per heavy atom. The molecule has 0 fully saturated rings. The van der Waals surface area contributed by atoms with Gasteiger partial charge in [-0.3, -0.25) is 23.2 Å². The Morgan fingerprint density at radius 2 is 1.18 bits per heavy atom. The third-order valence-corrected chi connectivity index (χ3v) is 9.73. The summed E-state index contributed by atoms with van der Waals surface area (Å²) in [6, 6.07) is 0. The first kappa shape index (κ1) is 54.0. The minimum atomic E-state index is -4.87. The van der Waals surface area contributed by atoms with Crippen molar-refractivity contribution in [2.24, 2.45) is 0 Å². The van der Waals surface area contributed by atoms with Crippen molar-refractivity contribution < 1.29 is 66.7 Å². The molecule has 0 radical (unpaired) electrons. The fourth-order valence-electron chi connectivity index (χ4n) is 5.17. The van der Waals surface area contributed by atoms with E-state index in [4.69, 9.17) is 23.8 Å². The van der Waals surface area contributed by atoms with Crippen molar-refractivity contribution >= 4 is 27.6 Å². The van der Waals surface area contributed by atoms with Gasteiger partial charge in [-0.05, 0) is 57.8 Å². The molecule has 0 aliphatic rings. The van der Waals surface area contributed by atoms with E-state index in [1.54, 1.807) is 6.08 Å². The lowest BCUT2D eigenvalue weighted by Gasteiger charge is -2.20. The number of phosphoric ester groups is 2. The summed E-state index contributed by atoms with van der Waals surface area (Å²) < 4.78 is 47.6. The van der Waals surface area contributed by atoms with E-state index in [0.717, 1.165) is 77.0 Å². The second-order valence-electron chi connectivity index (χ2n) is 13.7.